The number of piperidine rings is 2. The second kappa shape index (κ2) is 8.56. The summed E-state index contributed by atoms with van der Waals surface area (Å²) in [5.74, 6) is -0.440. The molecule has 158 valence electrons. The molecule has 3 rings (SSSR count). The summed E-state index contributed by atoms with van der Waals surface area (Å²) >= 11 is 0. The first kappa shape index (κ1) is 21.4. The van der Waals surface area contributed by atoms with E-state index in [9.17, 15) is 21.6 Å². The molecule has 2 heterocycles. The normalized spacial score (nSPS) is 21.7. The second-order valence-corrected chi connectivity index (χ2v) is 9.06. The smallest absolute Gasteiger partial charge is 0.406 e. The van der Waals surface area contributed by atoms with Crippen LogP contribution in [0.1, 0.15) is 25.7 Å². The van der Waals surface area contributed by atoms with Gasteiger partial charge >= 0.3 is 6.36 Å². The summed E-state index contributed by atoms with van der Waals surface area (Å²) in [7, 11) is -2.00. The van der Waals surface area contributed by atoms with E-state index >= 15 is 0 Å². The molecule has 0 bridgehead atoms. The highest BCUT2D eigenvalue weighted by Gasteiger charge is 2.34. The van der Waals surface area contributed by atoms with Crippen molar-refractivity contribution in [2.75, 3.05) is 33.3 Å². The molecule has 0 aliphatic carbocycles. The zero-order valence-electron chi connectivity index (χ0n) is 15.7. The van der Waals surface area contributed by atoms with E-state index in [1.807, 2.05) is 0 Å². The van der Waals surface area contributed by atoms with Crippen LogP contribution in [-0.4, -0.2) is 69.4 Å². The van der Waals surface area contributed by atoms with E-state index in [1.54, 1.807) is 7.11 Å². The van der Waals surface area contributed by atoms with Crippen LogP contribution in [0.3, 0.4) is 0 Å². The first-order valence-electron chi connectivity index (χ1n) is 9.32. The quantitative estimate of drug-likeness (QED) is 0.730. The number of alkyl halides is 3. The SMILES string of the molecule is COC1CCN(C2CCN(S(=O)(=O)c3ccc(OC(F)(F)F)cc3)CC2)CC1. The van der Waals surface area contributed by atoms with Crippen molar-refractivity contribution in [1.82, 2.24) is 9.21 Å². The molecule has 2 saturated heterocycles. The number of hydrogen-bond donors (Lipinski definition) is 0. The number of hydrogen-bond acceptors (Lipinski definition) is 5. The number of sulfonamides is 1. The number of nitrogens with zero attached hydrogens (tertiary/aromatic N) is 2. The number of likely N-dealkylation sites (tertiary alicyclic amines) is 1. The monoisotopic (exact) mass is 422 g/mol. The molecule has 0 aromatic heterocycles. The van der Waals surface area contributed by atoms with Crippen molar-refractivity contribution in [3.63, 3.8) is 0 Å². The highest BCUT2D eigenvalue weighted by Crippen LogP contribution is 2.28. The summed E-state index contributed by atoms with van der Waals surface area (Å²) in [6.45, 7) is 2.71. The lowest BCUT2D eigenvalue weighted by Gasteiger charge is -2.41. The van der Waals surface area contributed by atoms with E-state index in [0.717, 1.165) is 63.0 Å². The Morgan fingerprint density at radius 2 is 1.54 bits per heavy atom. The van der Waals surface area contributed by atoms with Crippen molar-refractivity contribution < 1.29 is 31.1 Å². The Balaban J connectivity index is 1.57. The van der Waals surface area contributed by atoms with E-state index in [0.29, 0.717) is 25.2 Å². The minimum atomic E-state index is -4.81. The van der Waals surface area contributed by atoms with Gasteiger partial charge in [0, 0.05) is 39.3 Å². The fourth-order valence-electron chi connectivity index (χ4n) is 3.89. The molecular formula is C18H25F3N2O4S. The number of rotatable bonds is 5. The van der Waals surface area contributed by atoms with Crippen LogP contribution in [0.25, 0.3) is 0 Å². The van der Waals surface area contributed by atoms with Crippen LogP contribution >= 0.6 is 0 Å². The molecule has 0 saturated carbocycles. The fourth-order valence-corrected chi connectivity index (χ4v) is 5.36. The summed E-state index contributed by atoms with van der Waals surface area (Å²) in [6, 6.07) is 4.70. The van der Waals surface area contributed by atoms with E-state index in [4.69, 9.17) is 4.74 Å². The molecule has 0 radical (unpaired) electrons. The first-order valence-corrected chi connectivity index (χ1v) is 10.8. The van der Waals surface area contributed by atoms with E-state index in [2.05, 4.69) is 9.64 Å². The molecule has 28 heavy (non-hydrogen) atoms. The third-order valence-corrected chi connectivity index (χ3v) is 7.36. The van der Waals surface area contributed by atoms with Gasteiger partial charge in [-0.3, -0.25) is 0 Å². The van der Waals surface area contributed by atoms with Crippen molar-refractivity contribution in [3.8, 4) is 5.75 Å². The third-order valence-electron chi connectivity index (χ3n) is 5.44. The van der Waals surface area contributed by atoms with Crippen LogP contribution in [0.5, 0.6) is 5.75 Å². The van der Waals surface area contributed by atoms with Crippen LogP contribution in [0, 0.1) is 0 Å². The Morgan fingerprint density at radius 1 is 0.964 bits per heavy atom. The number of ether oxygens (including phenoxy) is 2. The number of halogens is 3. The minimum absolute atomic E-state index is 0.0265. The summed E-state index contributed by atoms with van der Waals surface area (Å²) in [5.41, 5.74) is 0. The molecule has 1 aromatic rings. The molecule has 0 atom stereocenters. The maximum absolute atomic E-state index is 12.8. The summed E-state index contributed by atoms with van der Waals surface area (Å²) in [4.78, 5) is 2.38. The molecule has 2 aliphatic rings. The van der Waals surface area contributed by atoms with Crippen molar-refractivity contribution in [2.45, 2.75) is 49.1 Å². The summed E-state index contributed by atoms with van der Waals surface area (Å²) in [6.07, 6.45) is -1.04. The molecule has 0 spiro atoms. The van der Waals surface area contributed by atoms with E-state index in [-0.39, 0.29) is 4.90 Å². The topological polar surface area (TPSA) is 59.1 Å². The van der Waals surface area contributed by atoms with Gasteiger partial charge in [-0.2, -0.15) is 4.31 Å². The van der Waals surface area contributed by atoms with E-state index < -0.39 is 22.1 Å². The first-order chi connectivity index (χ1) is 13.2. The van der Waals surface area contributed by atoms with Gasteiger partial charge < -0.3 is 14.4 Å². The molecule has 0 unspecified atom stereocenters. The zero-order chi connectivity index (χ0) is 20.4. The average molecular weight is 422 g/mol. The van der Waals surface area contributed by atoms with Crippen LogP contribution < -0.4 is 4.74 Å². The average Bonchev–Trinajstić information content (AvgIpc) is 2.67. The Bertz CT molecular complexity index is 739. The van der Waals surface area contributed by atoms with E-state index in [1.165, 1.54) is 4.31 Å². The maximum atomic E-state index is 12.8. The predicted molar refractivity (Wildman–Crippen MR) is 96.5 cm³/mol. The molecule has 6 nitrogen and oxygen atoms in total. The Labute approximate surface area is 163 Å². The Hall–Kier alpha value is -1.36. The molecular weight excluding hydrogens is 397 g/mol. The third kappa shape index (κ3) is 5.16. The summed E-state index contributed by atoms with van der Waals surface area (Å²) < 4.78 is 72.9. The second-order valence-electron chi connectivity index (χ2n) is 7.13. The highest BCUT2D eigenvalue weighted by molar-refractivity contribution is 7.89. The molecule has 10 heteroatoms. The number of methoxy groups -OCH3 is 1. The van der Waals surface area contributed by atoms with Crippen LogP contribution in [0.15, 0.2) is 29.2 Å². The van der Waals surface area contributed by atoms with Crippen LogP contribution in [0.2, 0.25) is 0 Å². The van der Waals surface area contributed by atoms with Gasteiger partial charge in [-0.05, 0) is 49.9 Å². The lowest BCUT2D eigenvalue weighted by atomic mass is 10.00. The standard InChI is InChI=1S/C18H25F3N2O4S/c1-26-15-8-10-22(11-9-15)14-6-12-23(13-7-14)28(24,25)17-4-2-16(3-5-17)27-18(19,20)21/h2-5,14-15H,6-13H2,1H3. The lowest BCUT2D eigenvalue weighted by Crippen LogP contribution is -2.49. The largest absolute Gasteiger partial charge is 0.573 e. The van der Waals surface area contributed by atoms with Gasteiger partial charge in [-0.1, -0.05) is 0 Å². The van der Waals surface area contributed by atoms with Crippen LogP contribution in [0.4, 0.5) is 13.2 Å². The van der Waals surface area contributed by atoms with Crippen molar-refractivity contribution in [1.29, 1.82) is 0 Å². The predicted octanol–water partition coefficient (Wildman–Crippen LogP) is 2.85. The van der Waals surface area contributed by atoms with Gasteiger partial charge in [0.05, 0.1) is 11.0 Å². The zero-order valence-corrected chi connectivity index (χ0v) is 16.5. The fraction of sp³-hybridized carbons (Fsp3) is 0.667. The Morgan fingerprint density at radius 3 is 2.04 bits per heavy atom. The van der Waals surface area contributed by atoms with Gasteiger partial charge in [-0.15, -0.1) is 13.2 Å². The molecule has 0 amide bonds. The van der Waals surface area contributed by atoms with Gasteiger partial charge in [0.2, 0.25) is 10.0 Å². The van der Waals surface area contributed by atoms with Crippen molar-refractivity contribution in [3.05, 3.63) is 24.3 Å². The Kier molecular flexibility index (Phi) is 6.53. The molecule has 0 N–H and O–H groups in total. The highest BCUT2D eigenvalue weighted by atomic mass is 32.2. The maximum Gasteiger partial charge on any atom is 0.573 e. The van der Waals surface area contributed by atoms with Crippen molar-refractivity contribution >= 4 is 10.0 Å². The van der Waals surface area contributed by atoms with Gasteiger partial charge in [0.15, 0.2) is 0 Å². The number of benzene rings is 1. The van der Waals surface area contributed by atoms with Gasteiger partial charge in [0.1, 0.15) is 5.75 Å². The molecule has 2 fully saturated rings. The van der Waals surface area contributed by atoms with Crippen molar-refractivity contribution in [2.24, 2.45) is 0 Å². The van der Waals surface area contributed by atoms with Gasteiger partial charge in [-0.25, -0.2) is 8.42 Å². The van der Waals surface area contributed by atoms with Crippen LogP contribution in [-0.2, 0) is 14.8 Å². The summed E-state index contributed by atoms with van der Waals surface area (Å²) in [5, 5.41) is 0. The molecule has 2 aliphatic heterocycles. The van der Waals surface area contributed by atoms with Gasteiger partial charge in [0.25, 0.3) is 0 Å². The lowest BCUT2D eigenvalue weighted by molar-refractivity contribution is -0.274. The molecule has 1 aromatic carbocycles. The minimum Gasteiger partial charge on any atom is -0.406 e.